The molecule has 33 heavy (non-hydrogen) atoms. The van der Waals surface area contributed by atoms with Crippen molar-refractivity contribution in [1.82, 2.24) is 18.7 Å². The maximum absolute atomic E-state index is 13.3. The van der Waals surface area contributed by atoms with Crippen LogP contribution in [0.15, 0.2) is 52.1 Å². The van der Waals surface area contributed by atoms with Gasteiger partial charge < -0.3 is 4.57 Å². The summed E-state index contributed by atoms with van der Waals surface area (Å²) >= 11 is 6.10. The minimum absolute atomic E-state index is 0.00852. The molecule has 2 aromatic carbocycles. The monoisotopic (exact) mass is 486 g/mol. The SMILES string of the molecule is CS(=O)(=O)CCCn1c(Cn2c(=O)n(C3CC3)c3ccccc32)nc(=O)c2cc(Cl)ccc21. The van der Waals surface area contributed by atoms with Crippen molar-refractivity contribution in [2.24, 2.45) is 0 Å². The first kappa shape index (κ1) is 21.9. The quantitative estimate of drug-likeness (QED) is 0.400. The largest absolute Gasteiger partial charge is 0.329 e. The first-order valence-corrected chi connectivity index (χ1v) is 13.2. The number of sulfone groups is 1. The van der Waals surface area contributed by atoms with Crippen LogP contribution in [0.4, 0.5) is 0 Å². The highest BCUT2D eigenvalue weighted by Crippen LogP contribution is 2.36. The number of fused-ring (bicyclic) bond motifs is 2. The van der Waals surface area contributed by atoms with Gasteiger partial charge in [-0.25, -0.2) is 13.2 Å². The normalized spacial score (nSPS) is 14.4. The Kier molecular flexibility index (Phi) is 5.41. The van der Waals surface area contributed by atoms with Gasteiger partial charge in [-0.05, 0) is 49.6 Å². The van der Waals surface area contributed by atoms with Crippen molar-refractivity contribution in [2.75, 3.05) is 12.0 Å². The Bertz CT molecular complexity index is 1610. The highest BCUT2D eigenvalue weighted by Gasteiger charge is 2.29. The molecule has 0 unspecified atom stereocenters. The van der Waals surface area contributed by atoms with Crippen molar-refractivity contribution in [3.05, 3.63) is 74.1 Å². The molecule has 1 fully saturated rings. The molecule has 0 aliphatic heterocycles. The Balaban J connectivity index is 1.66. The molecule has 4 aromatic rings. The number of para-hydroxylation sites is 2. The average Bonchev–Trinajstić information content (AvgIpc) is 3.55. The summed E-state index contributed by atoms with van der Waals surface area (Å²) in [6.07, 6.45) is 3.49. The van der Waals surface area contributed by atoms with Gasteiger partial charge in [-0.3, -0.25) is 13.9 Å². The zero-order chi connectivity index (χ0) is 23.3. The summed E-state index contributed by atoms with van der Waals surface area (Å²) in [7, 11) is -3.14. The van der Waals surface area contributed by atoms with Crippen LogP contribution < -0.4 is 11.2 Å². The molecule has 2 heterocycles. The number of hydrogen-bond acceptors (Lipinski definition) is 5. The zero-order valence-corrected chi connectivity index (χ0v) is 19.6. The maximum Gasteiger partial charge on any atom is 0.329 e. The van der Waals surface area contributed by atoms with Crippen LogP contribution in [0.3, 0.4) is 0 Å². The summed E-state index contributed by atoms with van der Waals surface area (Å²) < 4.78 is 28.7. The van der Waals surface area contributed by atoms with E-state index < -0.39 is 15.4 Å². The molecule has 2 aromatic heterocycles. The molecule has 1 aliphatic carbocycles. The average molecular weight is 487 g/mol. The summed E-state index contributed by atoms with van der Waals surface area (Å²) in [5.41, 5.74) is 1.70. The van der Waals surface area contributed by atoms with Crippen molar-refractivity contribution >= 4 is 43.4 Å². The lowest BCUT2D eigenvalue weighted by molar-refractivity contribution is 0.577. The van der Waals surface area contributed by atoms with Gasteiger partial charge >= 0.3 is 5.69 Å². The van der Waals surface area contributed by atoms with Gasteiger partial charge in [0.25, 0.3) is 5.56 Å². The van der Waals surface area contributed by atoms with Crippen molar-refractivity contribution in [1.29, 1.82) is 0 Å². The van der Waals surface area contributed by atoms with E-state index in [-0.39, 0.29) is 24.0 Å². The van der Waals surface area contributed by atoms with Crippen LogP contribution in [0.2, 0.25) is 5.02 Å². The Morgan fingerprint density at radius 3 is 2.45 bits per heavy atom. The predicted octanol–water partition coefficient (Wildman–Crippen LogP) is 2.98. The molecular weight excluding hydrogens is 464 g/mol. The van der Waals surface area contributed by atoms with Crippen molar-refractivity contribution < 1.29 is 8.42 Å². The summed E-state index contributed by atoms with van der Waals surface area (Å²) in [5, 5.41) is 0.777. The van der Waals surface area contributed by atoms with Gasteiger partial charge in [0, 0.05) is 23.9 Å². The van der Waals surface area contributed by atoms with E-state index in [4.69, 9.17) is 11.6 Å². The number of hydrogen-bond donors (Lipinski definition) is 0. The molecule has 5 rings (SSSR count). The van der Waals surface area contributed by atoms with Crippen molar-refractivity contribution in [3.8, 4) is 0 Å². The molecule has 172 valence electrons. The number of benzene rings is 2. The predicted molar refractivity (Wildman–Crippen MR) is 129 cm³/mol. The third-order valence-electron chi connectivity index (χ3n) is 6.00. The second-order valence-electron chi connectivity index (χ2n) is 8.59. The first-order chi connectivity index (χ1) is 15.7. The van der Waals surface area contributed by atoms with E-state index in [0.29, 0.717) is 34.7 Å². The lowest BCUT2D eigenvalue weighted by Gasteiger charge is -2.16. The molecule has 0 radical (unpaired) electrons. The molecule has 0 atom stereocenters. The number of rotatable bonds is 7. The van der Waals surface area contributed by atoms with Crippen LogP contribution in [0, 0.1) is 0 Å². The van der Waals surface area contributed by atoms with Gasteiger partial charge in [0.05, 0.1) is 34.2 Å². The standard InChI is InChI=1S/C23H23ClN4O4S/c1-33(31,32)12-4-11-26-18-10-7-15(24)13-17(18)22(29)25-21(26)14-27-19-5-2-3-6-20(19)28(23(27)30)16-8-9-16/h2-3,5-7,10,13,16H,4,8-9,11-12,14H2,1H3. The maximum atomic E-state index is 13.3. The lowest BCUT2D eigenvalue weighted by atomic mass is 10.2. The van der Waals surface area contributed by atoms with E-state index >= 15 is 0 Å². The second-order valence-corrected chi connectivity index (χ2v) is 11.3. The van der Waals surface area contributed by atoms with Gasteiger partial charge in [0.2, 0.25) is 0 Å². The number of aryl methyl sites for hydroxylation is 1. The Labute approximate surface area is 195 Å². The van der Waals surface area contributed by atoms with E-state index in [9.17, 15) is 18.0 Å². The van der Waals surface area contributed by atoms with E-state index in [1.807, 2.05) is 33.4 Å². The fraction of sp³-hybridized carbons (Fsp3) is 0.348. The fourth-order valence-corrected chi connectivity index (χ4v) is 5.18. The smallest absolute Gasteiger partial charge is 0.327 e. The molecule has 0 bridgehead atoms. The lowest BCUT2D eigenvalue weighted by Crippen LogP contribution is -2.28. The molecule has 1 aliphatic rings. The topological polar surface area (TPSA) is 96.0 Å². The zero-order valence-electron chi connectivity index (χ0n) is 18.1. The van der Waals surface area contributed by atoms with Crippen molar-refractivity contribution in [3.63, 3.8) is 0 Å². The number of imidazole rings is 1. The summed E-state index contributed by atoms with van der Waals surface area (Å²) in [4.78, 5) is 30.5. The van der Waals surface area contributed by atoms with E-state index in [1.54, 1.807) is 22.8 Å². The van der Waals surface area contributed by atoms with E-state index in [0.717, 1.165) is 23.9 Å². The number of halogens is 1. The number of nitrogens with zero attached hydrogens (tertiary/aromatic N) is 4. The second kappa shape index (κ2) is 8.14. The van der Waals surface area contributed by atoms with Crippen LogP contribution in [-0.4, -0.2) is 39.1 Å². The third kappa shape index (κ3) is 4.22. The Hall–Kier alpha value is -2.91. The molecular formula is C23H23ClN4O4S. The van der Waals surface area contributed by atoms with Gasteiger partial charge in [0.1, 0.15) is 15.7 Å². The first-order valence-electron chi connectivity index (χ1n) is 10.8. The van der Waals surface area contributed by atoms with Crippen LogP contribution in [-0.2, 0) is 22.9 Å². The van der Waals surface area contributed by atoms with Crippen LogP contribution in [0.5, 0.6) is 0 Å². The van der Waals surface area contributed by atoms with Crippen molar-refractivity contribution in [2.45, 2.75) is 38.4 Å². The highest BCUT2D eigenvalue weighted by molar-refractivity contribution is 7.90. The van der Waals surface area contributed by atoms with Gasteiger partial charge in [-0.2, -0.15) is 4.98 Å². The van der Waals surface area contributed by atoms with E-state index in [1.165, 1.54) is 6.26 Å². The molecule has 8 nitrogen and oxygen atoms in total. The number of aromatic nitrogens is 4. The minimum Gasteiger partial charge on any atom is -0.327 e. The molecule has 0 amide bonds. The molecule has 0 saturated heterocycles. The minimum atomic E-state index is -3.14. The summed E-state index contributed by atoms with van der Waals surface area (Å²) in [5.74, 6) is 0.415. The van der Waals surface area contributed by atoms with Crippen LogP contribution in [0.25, 0.3) is 21.9 Å². The molecule has 10 heteroatoms. The summed E-state index contributed by atoms with van der Waals surface area (Å²) in [6.45, 7) is 0.440. The molecule has 1 saturated carbocycles. The molecule has 0 N–H and O–H groups in total. The highest BCUT2D eigenvalue weighted by atomic mass is 35.5. The third-order valence-corrected chi connectivity index (χ3v) is 7.26. The molecule has 0 spiro atoms. The fourth-order valence-electron chi connectivity index (χ4n) is 4.36. The Morgan fingerprint density at radius 2 is 1.76 bits per heavy atom. The summed E-state index contributed by atoms with van der Waals surface area (Å²) in [6, 6.07) is 12.8. The van der Waals surface area contributed by atoms with Crippen LogP contribution >= 0.6 is 11.6 Å². The van der Waals surface area contributed by atoms with E-state index in [2.05, 4.69) is 4.98 Å². The Morgan fingerprint density at radius 1 is 1.03 bits per heavy atom. The van der Waals surface area contributed by atoms with Gasteiger partial charge in [-0.1, -0.05) is 23.7 Å². The van der Waals surface area contributed by atoms with Gasteiger partial charge in [0.15, 0.2) is 0 Å². The van der Waals surface area contributed by atoms with Crippen LogP contribution in [0.1, 0.15) is 31.1 Å². The van der Waals surface area contributed by atoms with Gasteiger partial charge in [-0.15, -0.1) is 0 Å².